The lowest BCUT2D eigenvalue weighted by Crippen LogP contribution is -2.28. The largest absolute Gasteiger partial charge is 0.379 e. The van der Waals surface area contributed by atoms with Crippen molar-refractivity contribution < 1.29 is 32.9 Å². The molecule has 4 N–H and O–H groups in total. The van der Waals surface area contributed by atoms with E-state index in [9.17, 15) is 14.0 Å². The molecule has 0 unspecified atom stereocenters. The van der Waals surface area contributed by atoms with E-state index < -0.39 is 5.56 Å². The number of imidazole rings is 1. The molecule has 0 fully saturated rings. The van der Waals surface area contributed by atoms with E-state index in [1.165, 1.54) is 12.1 Å². The van der Waals surface area contributed by atoms with Crippen LogP contribution in [0.25, 0.3) is 11.2 Å². The maximum Gasteiger partial charge on any atom is 0.280 e. The number of carbonyl (C=O) groups is 1. The predicted molar refractivity (Wildman–Crippen MR) is 173 cm³/mol. The Kier molecular flexibility index (Phi) is 18.2. The Morgan fingerprint density at radius 3 is 2.07 bits per heavy atom. The highest BCUT2D eigenvalue weighted by molar-refractivity contribution is 6.17. The van der Waals surface area contributed by atoms with Gasteiger partial charge in [0.2, 0.25) is 11.9 Å². The Balaban J connectivity index is 1.19. The number of carbonyl (C=O) groups excluding carboxylic acids is 1. The number of ether oxygens (including phenoxy) is 5. The molecule has 0 saturated heterocycles. The zero-order valence-electron chi connectivity index (χ0n) is 26.3. The molecule has 0 radical (unpaired) electrons. The first kappa shape index (κ1) is 37.3. The zero-order chi connectivity index (χ0) is 32.8. The Morgan fingerprint density at radius 1 is 0.848 bits per heavy atom. The molecule has 1 amide bonds. The zero-order valence-corrected chi connectivity index (χ0v) is 27.0. The van der Waals surface area contributed by atoms with Crippen LogP contribution in [-0.4, -0.2) is 104 Å². The van der Waals surface area contributed by atoms with E-state index in [4.69, 9.17) is 41.0 Å². The van der Waals surface area contributed by atoms with Crippen molar-refractivity contribution in [2.45, 2.75) is 45.1 Å². The first-order valence-corrected chi connectivity index (χ1v) is 16.2. The van der Waals surface area contributed by atoms with Gasteiger partial charge >= 0.3 is 0 Å². The number of unbranched alkanes of at least 4 members (excludes halogenated alkanes) is 3. The molecular formula is C31H46ClFN6O7. The van der Waals surface area contributed by atoms with Crippen LogP contribution in [0.5, 0.6) is 0 Å². The monoisotopic (exact) mass is 668 g/mol. The Morgan fingerprint density at radius 2 is 1.43 bits per heavy atom. The van der Waals surface area contributed by atoms with E-state index in [-0.39, 0.29) is 42.6 Å². The second-order valence-electron chi connectivity index (χ2n) is 10.4. The predicted octanol–water partition coefficient (Wildman–Crippen LogP) is 2.82. The maximum atomic E-state index is 13.4. The minimum absolute atomic E-state index is 0.0421. The van der Waals surface area contributed by atoms with E-state index in [2.05, 4.69) is 20.3 Å². The number of nitrogens with two attached hydrogens (primary N) is 1. The van der Waals surface area contributed by atoms with Gasteiger partial charge in [-0.3, -0.25) is 14.6 Å². The van der Waals surface area contributed by atoms with Gasteiger partial charge in [-0.2, -0.15) is 4.98 Å². The van der Waals surface area contributed by atoms with E-state index in [0.717, 1.165) is 43.7 Å². The highest BCUT2D eigenvalue weighted by atomic mass is 35.5. The fourth-order valence-electron chi connectivity index (χ4n) is 4.41. The number of fused-ring (bicyclic) bond motifs is 1. The fraction of sp³-hybridized carbons (Fsp3) is 0.613. The van der Waals surface area contributed by atoms with Crippen LogP contribution in [0.2, 0.25) is 0 Å². The van der Waals surface area contributed by atoms with Crippen LogP contribution in [0.15, 0.2) is 29.1 Å². The van der Waals surface area contributed by atoms with Gasteiger partial charge in [-0.05, 0) is 30.5 Å². The highest BCUT2D eigenvalue weighted by Crippen LogP contribution is 2.16. The molecule has 3 rings (SSSR count). The van der Waals surface area contributed by atoms with E-state index in [1.54, 1.807) is 16.7 Å². The number of benzene rings is 1. The van der Waals surface area contributed by atoms with Crippen molar-refractivity contribution in [1.82, 2.24) is 24.8 Å². The van der Waals surface area contributed by atoms with Gasteiger partial charge in [0.25, 0.3) is 5.56 Å². The molecule has 0 spiro atoms. The molecule has 3 aromatic rings. The quantitative estimate of drug-likeness (QED) is 0.0856. The molecule has 15 heteroatoms. The number of alkyl halides is 1. The molecule has 46 heavy (non-hydrogen) atoms. The van der Waals surface area contributed by atoms with Crippen molar-refractivity contribution in [1.29, 1.82) is 0 Å². The molecule has 1 aromatic carbocycles. The summed E-state index contributed by atoms with van der Waals surface area (Å²) in [5.74, 6) is 0.632. The van der Waals surface area contributed by atoms with Gasteiger partial charge in [-0.15, -0.1) is 11.6 Å². The number of hydrogen-bond donors (Lipinski definition) is 3. The SMILES string of the molecule is Nc1nc2c(nc(CCC(=O)NCCOCCOCCOCCOCCOCCCCCCCl)n2Cc2ccc(F)cc2)c(=O)[nH]1. The first-order valence-electron chi connectivity index (χ1n) is 15.7. The van der Waals surface area contributed by atoms with E-state index in [1.807, 2.05) is 0 Å². The van der Waals surface area contributed by atoms with Gasteiger partial charge in [0.1, 0.15) is 11.6 Å². The second kappa shape index (κ2) is 22.4. The Bertz CT molecular complexity index is 1340. The average molecular weight is 669 g/mol. The third-order valence-corrected chi connectivity index (χ3v) is 7.03. The number of amides is 1. The van der Waals surface area contributed by atoms with Crippen molar-refractivity contribution in [3.05, 3.63) is 51.8 Å². The molecule has 0 saturated carbocycles. The highest BCUT2D eigenvalue weighted by Gasteiger charge is 2.17. The van der Waals surface area contributed by atoms with E-state index in [0.29, 0.717) is 77.5 Å². The molecule has 0 aliphatic heterocycles. The summed E-state index contributed by atoms with van der Waals surface area (Å²) in [7, 11) is 0. The number of nitrogen functional groups attached to an aromatic ring is 1. The van der Waals surface area contributed by atoms with Gasteiger partial charge in [0.15, 0.2) is 11.2 Å². The van der Waals surface area contributed by atoms with Crippen LogP contribution in [-0.2, 0) is 41.4 Å². The van der Waals surface area contributed by atoms with Crippen LogP contribution in [0, 0.1) is 5.82 Å². The molecule has 2 aromatic heterocycles. The number of anilines is 1. The number of nitrogens with zero attached hydrogens (tertiary/aromatic N) is 3. The van der Waals surface area contributed by atoms with E-state index >= 15 is 0 Å². The normalized spacial score (nSPS) is 11.4. The summed E-state index contributed by atoms with van der Waals surface area (Å²) in [4.78, 5) is 35.9. The van der Waals surface area contributed by atoms with Crippen molar-refractivity contribution in [3.63, 3.8) is 0 Å². The van der Waals surface area contributed by atoms with Gasteiger partial charge < -0.3 is 39.3 Å². The summed E-state index contributed by atoms with van der Waals surface area (Å²) >= 11 is 5.65. The van der Waals surface area contributed by atoms with Gasteiger partial charge in [0.05, 0.1) is 66.0 Å². The molecule has 0 aliphatic carbocycles. The first-order chi connectivity index (χ1) is 22.5. The average Bonchev–Trinajstić information content (AvgIpc) is 3.38. The molecular weight excluding hydrogens is 623 g/mol. The summed E-state index contributed by atoms with van der Waals surface area (Å²) in [5, 5.41) is 2.81. The standard InChI is InChI=1S/C31H46ClFN6O7/c32-11-3-1-2-4-13-42-15-17-44-19-21-46-22-20-45-18-16-43-14-12-35-27(40)10-9-26-36-28-29(37-31(34)38-30(28)41)39(26)23-24-5-7-25(33)8-6-24/h5-8H,1-4,9-23H2,(H,35,40)(H3,34,37,38,41). The minimum Gasteiger partial charge on any atom is -0.379 e. The van der Waals surface area contributed by atoms with Crippen LogP contribution in [0.3, 0.4) is 0 Å². The topological polar surface area (TPSA) is 165 Å². The van der Waals surface area contributed by atoms with Crippen LogP contribution in [0.1, 0.15) is 43.5 Å². The molecule has 0 bridgehead atoms. The summed E-state index contributed by atoms with van der Waals surface area (Å²) in [6.07, 6.45) is 4.81. The number of aryl methyl sites for hydroxylation is 1. The smallest absolute Gasteiger partial charge is 0.280 e. The van der Waals surface area contributed by atoms with Crippen molar-refractivity contribution in [3.8, 4) is 0 Å². The van der Waals surface area contributed by atoms with Crippen molar-refractivity contribution in [2.75, 3.05) is 84.2 Å². The minimum atomic E-state index is -0.470. The third-order valence-electron chi connectivity index (χ3n) is 6.76. The Labute approximate surface area is 273 Å². The maximum absolute atomic E-state index is 13.4. The third kappa shape index (κ3) is 14.5. The molecule has 256 valence electrons. The number of halogens is 2. The number of H-pyrrole nitrogens is 1. The lowest BCUT2D eigenvalue weighted by atomic mass is 10.2. The van der Waals surface area contributed by atoms with Crippen LogP contribution >= 0.6 is 11.6 Å². The summed E-state index contributed by atoms with van der Waals surface area (Å²) in [5.41, 5.74) is 6.48. The number of aromatic nitrogens is 4. The number of rotatable bonds is 26. The summed E-state index contributed by atoms with van der Waals surface area (Å²) < 4.78 is 42.6. The molecule has 2 heterocycles. The van der Waals surface area contributed by atoms with Crippen molar-refractivity contribution >= 4 is 34.6 Å². The molecule has 13 nitrogen and oxygen atoms in total. The number of nitrogens with one attached hydrogen (secondary N) is 2. The molecule has 0 atom stereocenters. The van der Waals surface area contributed by atoms with Crippen molar-refractivity contribution in [2.24, 2.45) is 0 Å². The second-order valence-corrected chi connectivity index (χ2v) is 10.8. The lowest BCUT2D eigenvalue weighted by molar-refractivity contribution is -0.121. The molecule has 0 aliphatic rings. The van der Waals surface area contributed by atoms with Crippen LogP contribution in [0.4, 0.5) is 10.3 Å². The Hall–Kier alpha value is -3.14. The summed E-state index contributed by atoms with van der Waals surface area (Å²) in [6.45, 7) is 5.58. The van der Waals surface area contributed by atoms with Gasteiger partial charge in [0, 0.05) is 31.9 Å². The lowest BCUT2D eigenvalue weighted by Gasteiger charge is -2.10. The van der Waals surface area contributed by atoms with Gasteiger partial charge in [-0.25, -0.2) is 9.37 Å². The number of aromatic amines is 1. The number of hydrogen-bond acceptors (Lipinski definition) is 10. The fourth-order valence-corrected chi connectivity index (χ4v) is 4.60. The van der Waals surface area contributed by atoms with Gasteiger partial charge in [-0.1, -0.05) is 25.0 Å². The van der Waals surface area contributed by atoms with Crippen LogP contribution < -0.4 is 16.6 Å². The summed E-state index contributed by atoms with van der Waals surface area (Å²) in [6, 6.07) is 5.98.